The van der Waals surface area contributed by atoms with Gasteiger partial charge in [-0.3, -0.25) is 4.21 Å². The fourth-order valence-corrected chi connectivity index (χ4v) is 6.05. The molecule has 112 valence electrons. The first kappa shape index (κ1) is 15.8. The van der Waals surface area contributed by atoms with E-state index in [0.29, 0.717) is 17.3 Å². The molecule has 0 aromatic carbocycles. The van der Waals surface area contributed by atoms with Crippen molar-refractivity contribution in [2.24, 2.45) is 0 Å². The van der Waals surface area contributed by atoms with Gasteiger partial charge in [-0.25, -0.2) is 0 Å². The normalized spacial score (nSPS) is 38.0. The molecule has 2 rings (SSSR count). The molecule has 0 radical (unpaired) electrons. The van der Waals surface area contributed by atoms with Crippen molar-refractivity contribution in [3.8, 4) is 0 Å². The fraction of sp³-hybridized carbons (Fsp3) is 1.00. The first-order valence-electron chi connectivity index (χ1n) is 7.92. The van der Waals surface area contributed by atoms with Gasteiger partial charge < -0.3 is 5.32 Å². The third-order valence-electron chi connectivity index (χ3n) is 4.76. The molecule has 0 spiro atoms. The predicted octanol–water partition coefficient (Wildman–Crippen LogP) is 3.33. The minimum Gasteiger partial charge on any atom is -0.309 e. The molecule has 0 saturated heterocycles. The Morgan fingerprint density at radius 2 is 1.68 bits per heavy atom. The monoisotopic (exact) mass is 303 g/mol. The number of rotatable bonds is 5. The van der Waals surface area contributed by atoms with E-state index in [9.17, 15) is 4.21 Å². The molecule has 0 bridgehead atoms. The summed E-state index contributed by atoms with van der Waals surface area (Å²) in [4.78, 5) is 0. The number of hydrogen-bond donors (Lipinski definition) is 1. The zero-order chi connectivity index (χ0) is 13.7. The molecule has 2 fully saturated rings. The Bertz CT molecular complexity index is 298. The van der Waals surface area contributed by atoms with Gasteiger partial charge in [-0.1, -0.05) is 32.6 Å². The standard InChI is InChI=1S/C15H29NOS2/c1-3-19(17)15-11-7-5-9-13(15)16-12-8-4-6-10-14(12)18-2/h12-16H,3-11H2,1-2H3. The highest BCUT2D eigenvalue weighted by atomic mass is 32.2. The van der Waals surface area contributed by atoms with Crippen LogP contribution in [0, 0.1) is 0 Å². The van der Waals surface area contributed by atoms with E-state index in [1.165, 1.54) is 44.9 Å². The Kier molecular flexibility index (Phi) is 6.70. The number of hydrogen-bond acceptors (Lipinski definition) is 3. The summed E-state index contributed by atoms with van der Waals surface area (Å²) >= 11 is 2.02. The molecule has 19 heavy (non-hydrogen) atoms. The van der Waals surface area contributed by atoms with Crippen molar-refractivity contribution in [3.05, 3.63) is 0 Å². The second-order valence-corrected chi connectivity index (χ2v) is 8.95. The average molecular weight is 304 g/mol. The van der Waals surface area contributed by atoms with E-state index >= 15 is 0 Å². The molecular formula is C15H29NOS2. The molecule has 5 unspecified atom stereocenters. The van der Waals surface area contributed by atoms with Gasteiger partial charge in [-0.15, -0.1) is 0 Å². The van der Waals surface area contributed by atoms with E-state index in [1.807, 2.05) is 11.8 Å². The van der Waals surface area contributed by atoms with Crippen LogP contribution in [0.25, 0.3) is 0 Å². The van der Waals surface area contributed by atoms with Gasteiger partial charge in [0.1, 0.15) is 0 Å². The fourth-order valence-electron chi connectivity index (χ4n) is 3.66. The largest absolute Gasteiger partial charge is 0.309 e. The minimum absolute atomic E-state index is 0.406. The molecular weight excluding hydrogens is 274 g/mol. The van der Waals surface area contributed by atoms with Gasteiger partial charge in [-0.2, -0.15) is 11.8 Å². The van der Waals surface area contributed by atoms with Gasteiger partial charge in [0, 0.05) is 33.9 Å². The zero-order valence-electron chi connectivity index (χ0n) is 12.4. The van der Waals surface area contributed by atoms with Gasteiger partial charge in [0.25, 0.3) is 0 Å². The Labute approximate surface area is 125 Å². The first-order chi connectivity index (χ1) is 9.26. The van der Waals surface area contributed by atoms with Crippen LogP contribution in [0.2, 0.25) is 0 Å². The van der Waals surface area contributed by atoms with Crippen LogP contribution in [0.4, 0.5) is 0 Å². The van der Waals surface area contributed by atoms with Crippen molar-refractivity contribution in [2.45, 2.75) is 80.9 Å². The van der Waals surface area contributed by atoms with Crippen LogP contribution in [-0.4, -0.2) is 38.8 Å². The van der Waals surface area contributed by atoms with Crippen LogP contribution in [0.1, 0.15) is 58.3 Å². The van der Waals surface area contributed by atoms with Gasteiger partial charge in [0.2, 0.25) is 0 Å². The van der Waals surface area contributed by atoms with Crippen LogP contribution in [0.15, 0.2) is 0 Å². The van der Waals surface area contributed by atoms with Gasteiger partial charge in [0.05, 0.1) is 5.25 Å². The zero-order valence-corrected chi connectivity index (χ0v) is 14.0. The maximum Gasteiger partial charge on any atom is 0.0501 e. The van der Waals surface area contributed by atoms with E-state index in [0.717, 1.165) is 17.4 Å². The summed E-state index contributed by atoms with van der Waals surface area (Å²) in [5.74, 6) is 0.819. The van der Waals surface area contributed by atoms with E-state index in [4.69, 9.17) is 0 Å². The third-order valence-corrected chi connectivity index (χ3v) is 7.74. The lowest BCUT2D eigenvalue weighted by Gasteiger charge is -2.38. The average Bonchev–Trinajstić information content (AvgIpc) is 2.47. The molecule has 2 aliphatic carbocycles. The van der Waals surface area contributed by atoms with Crippen LogP contribution >= 0.6 is 11.8 Å². The molecule has 2 aliphatic rings. The molecule has 0 aromatic heterocycles. The van der Waals surface area contributed by atoms with Crippen molar-refractivity contribution in [1.82, 2.24) is 5.32 Å². The second kappa shape index (κ2) is 8.04. The molecule has 5 atom stereocenters. The molecule has 0 amide bonds. The summed E-state index contributed by atoms with van der Waals surface area (Å²) in [5.41, 5.74) is 0. The smallest absolute Gasteiger partial charge is 0.0501 e. The Hall–Kier alpha value is 0.460. The lowest BCUT2D eigenvalue weighted by molar-refractivity contribution is 0.300. The predicted molar refractivity (Wildman–Crippen MR) is 87.4 cm³/mol. The summed E-state index contributed by atoms with van der Waals surface area (Å²) in [6, 6.07) is 1.16. The molecule has 0 aliphatic heterocycles. The first-order valence-corrected chi connectivity index (χ1v) is 10.6. The maximum absolute atomic E-state index is 12.2. The van der Waals surface area contributed by atoms with E-state index in [2.05, 4.69) is 18.5 Å². The van der Waals surface area contributed by atoms with Crippen molar-refractivity contribution >= 4 is 22.6 Å². The van der Waals surface area contributed by atoms with E-state index in [1.54, 1.807) is 0 Å². The van der Waals surface area contributed by atoms with Crippen molar-refractivity contribution < 1.29 is 4.21 Å². The number of thioether (sulfide) groups is 1. The quantitative estimate of drug-likeness (QED) is 0.844. The topological polar surface area (TPSA) is 29.1 Å². The molecule has 2 nitrogen and oxygen atoms in total. The highest BCUT2D eigenvalue weighted by molar-refractivity contribution is 7.99. The summed E-state index contributed by atoms with van der Waals surface area (Å²) < 4.78 is 12.2. The van der Waals surface area contributed by atoms with Crippen LogP contribution in [0.5, 0.6) is 0 Å². The third kappa shape index (κ3) is 4.21. The van der Waals surface area contributed by atoms with E-state index in [-0.39, 0.29) is 0 Å². The van der Waals surface area contributed by atoms with Crippen molar-refractivity contribution in [2.75, 3.05) is 12.0 Å². The molecule has 0 aromatic rings. The molecule has 1 N–H and O–H groups in total. The Balaban J connectivity index is 1.96. The van der Waals surface area contributed by atoms with Gasteiger partial charge in [0.15, 0.2) is 0 Å². The lowest BCUT2D eigenvalue weighted by Crippen LogP contribution is -2.52. The van der Waals surface area contributed by atoms with Gasteiger partial charge in [-0.05, 0) is 31.9 Å². The summed E-state index contributed by atoms with van der Waals surface area (Å²) in [7, 11) is -0.630. The summed E-state index contributed by atoms with van der Waals surface area (Å²) in [5, 5.41) is 5.09. The Morgan fingerprint density at radius 1 is 1.05 bits per heavy atom. The van der Waals surface area contributed by atoms with Crippen LogP contribution in [-0.2, 0) is 10.8 Å². The highest BCUT2D eigenvalue weighted by Crippen LogP contribution is 2.30. The molecule has 4 heteroatoms. The molecule has 0 heterocycles. The summed E-state index contributed by atoms with van der Waals surface area (Å²) in [6.07, 6.45) is 12.6. The van der Waals surface area contributed by atoms with Crippen LogP contribution < -0.4 is 5.32 Å². The maximum atomic E-state index is 12.2. The second-order valence-electron chi connectivity index (χ2n) is 5.93. The van der Waals surface area contributed by atoms with Crippen LogP contribution in [0.3, 0.4) is 0 Å². The highest BCUT2D eigenvalue weighted by Gasteiger charge is 2.33. The summed E-state index contributed by atoms with van der Waals surface area (Å²) in [6.45, 7) is 2.06. The minimum atomic E-state index is -0.630. The lowest BCUT2D eigenvalue weighted by atomic mass is 9.90. The van der Waals surface area contributed by atoms with Gasteiger partial charge >= 0.3 is 0 Å². The number of nitrogens with one attached hydrogen (secondary N) is 1. The van der Waals surface area contributed by atoms with Crippen molar-refractivity contribution in [3.63, 3.8) is 0 Å². The molecule has 2 saturated carbocycles. The van der Waals surface area contributed by atoms with E-state index < -0.39 is 10.8 Å². The van der Waals surface area contributed by atoms with Crippen molar-refractivity contribution in [1.29, 1.82) is 0 Å². The Morgan fingerprint density at radius 3 is 2.37 bits per heavy atom. The SMILES string of the molecule is CCS(=O)C1CCCCC1NC1CCCCC1SC.